The van der Waals surface area contributed by atoms with Gasteiger partial charge in [0.05, 0.1) is 11.8 Å². The van der Waals surface area contributed by atoms with E-state index in [0.717, 1.165) is 48.7 Å². The van der Waals surface area contributed by atoms with Crippen molar-refractivity contribution in [2.45, 2.75) is 44.6 Å². The lowest BCUT2D eigenvalue weighted by molar-refractivity contribution is -0.0136. The molecule has 6 heteroatoms. The summed E-state index contributed by atoms with van der Waals surface area (Å²) in [6.45, 7) is 2.21. The highest BCUT2D eigenvalue weighted by Crippen LogP contribution is 2.57. The number of H-pyrrole nitrogens is 1. The molecule has 130 valence electrons. The number of nitrogens with one attached hydrogen (secondary N) is 1. The van der Waals surface area contributed by atoms with Crippen molar-refractivity contribution in [1.82, 2.24) is 9.97 Å². The van der Waals surface area contributed by atoms with Crippen LogP contribution in [-0.4, -0.2) is 32.8 Å². The summed E-state index contributed by atoms with van der Waals surface area (Å²) in [5.41, 5.74) is 2.62. The van der Waals surface area contributed by atoms with Gasteiger partial charge in [0.25, 0.3) is 0 Å². The summed E-state index contributed by atoms with van der Waals surface area (Å²) in [6, 6.07) is 2.03. The quantitative estimate of drug-likeness (QED) is 0.736. The van der Waals surface area contributed by atoms with E-state index in [-0.39, 0.29) is 0 Å². The predicted octanol–water partition coefficient (Wildman–Crippen LogP) is 2.94. The smallest absolute Gasteiger partial charge is 0.531 e. The van der Waals surface area contributed by atoms with Crippen molar-refractivity contribution in [1.29, 1.82) is 0 Å². The lowest BCUT2D eigenvalue weighted by atomic mass is 9.63. The summed E-state index contributed by atoms with van der Waals surface area (Å²) in [6.07, 6.45) is 8.33. The molecule has 1 aliphatic heterocycles. The fraction of sp³-hybridized carbons (Fsp3) is 0.526. The number of aromatic nitrogens is 2. The van der Waals surface area contributed by atoms with Gasteiger partial charge in [0, 0.05) is 17.1 Å². The maximum absolute atomic E-state index is 10.8. The van der Waals surface area contributed by atoms with Crippen LogP contribution in [0.4, 0.5) is 0 Å². The van der Waals surface area contributed by atoms with Crippen LogP contribution in [0.5, 0.6) is 5.75 Å². The Morgan fingerprint density at radius 2 is 2.32 bits per heavy atom. The highest BCUT2D eigenvalue weighted by molar-refractivity contribution is 6.52. The van der Waals surface area contributed by atoms with Crippen LogP contribution < -0.4 is 4.65 Å². The molecular weight excluding hydrogens is 315 g/mol. The zero-order valence-corrected chi connectivity index (χ0v) is 14.4. The van der Waals surface area contributed by atoms with Crippen LogP contribution in [-0.2, 0) is 0 Å². The summed E-state index contributed by atoms with van der Waals surface area (Å²) >= 11 is 0. The van der Waals surface area contributed by atoms with E-state index in [9.17, 15) is 10.1 Å². The summed E-state index contributed by atoms with van der Waals surface area (Å²) in [5.74, 6) is 3.79. The molecule has 2 bridgehead atoms. The largest absolute Gasteiger partial charge is 0.552 e. The van der Waals surface area contributed by atoms with Crippen molar-refractivity contribution in [2.24, 2.45) is 17.8 Å². The maximum atomic E-state index is 10.8. The first kappa shape index (κ1) is 15.5. The molecule has 5 rings (SSSR count). The van der Waals surface area contributed by atoms with E-state index in [4.69, 9.17) is 4.65 Å². The Morgan fingerprint density at radius 1 is 1.44 bits per heavy atom. The molecule has 4 atom stereocenters. The van der Waals surface area contributed by atoms with E-state index in [2.05, 4.69) is 16.9 Å². The number of hydrogen-bond acceptors (Lipinski definition) is 4. The number of pyridine rings is 1. The van der Waals surface area contributed by atoms with E-state index >= 15 is 0 Å². The van der Waals surface area contributed by atoms with Crippen LogP contribution in [0.2, 0.25) is 0 Å². The standard InChI is InChI=1S/C19H23BN2O3/c1-2-11-7-19(23)5-3-12(8-19)16(11)14-9-20(24)25-15-10-22-18-13(17(14)15)4-6-21-18/h4,6,9-12,16,23-24H,2-3,5,7-8H2,1H3,(H,21,22)/t11-,12+,16-,19-/m1/s1. The fourth-order valence-corrected chi connectivity index (χ4v) is 5.60. The second-order valence-electron chi connectivity index (χ2n) is 7.99. The maximum Gasteiger partial charge on any atom is 0.552 e. The Hall–Kier alpha value is -1.79. The Labute approximate surface area is 147 Å². The first-order chi connectivity index (χ1) is 12.1. The third kappa shape index (κ3) is 2.27. The van der Waals surface area contributed by atoms with Crippen molar-refractivity contribution in [3.05, 3.63) is 30.0 Å². The van der Waals surface area contributed by atoms with Gasteiger partial charge >= 0.3 is 7.12 Å². The molecule has 3 aliphatic rings. The number of rotatable bonds is 2. The molecule has 3 heterocycles. The van der Waals surface area contributed by atoms with Gasteiger partial charge in [-0.25, -0.2) is 4.98 Å². The van der Waals surface area contributed by atoms with E-state index < -0.39 is 12.7 Å². The molecule has 0 spiro atoms. The summed E-state index contributed by atoms with van der Waals surface area (Å²) < 4.78 is 5.65. The minimum atomic E-state index is -0.930. The monoisotopic (exact) mass is 338 g/mol. The Morgan fingerprint density at radius 3 is 3.16 bits per heavy atom. The van der Waals surface area contributed by atoms with Crippen molar-refractivity contribution in [3.63, 3.8) is 0 Å². The normalized spacial score (nSPS) is 34.0. The van der Waals surface area contributed by atoms with Crippen molar-refractivity contribution < 1.29 is 14.8 Å². The minimum absolute atomic E-state index is 0.352. The topological polar surface area (TPSA) is 78.4 Å². The molecule has 2 fully saturated rings. The zero-order chi connectivity index (χ0) is 17.2. The molecule has 2 saturated carbocycles. The molecule has 5 nitrogen and oxygen atoms in total. The fourth-order valence-electron chi connectivity index (χ4n) is 5.60. The molecule has 2 aromatic heterocycles. The zero-order valence-electron chi connectivity index (χ0n) is 14.4. The van der Waals surface area contributed by atoms with Gasteiger partial charge < -0.3 is 19.8 Å². The Kier molecular flexibility index (Phi) is 3.31. The van der Waals surface area contributed by atoms with Crippen molar-refractivity contribution >= 4 is 23.7 Å². The van der Waals surface area contributed by atoms with Crippen LogP contribution >= 0.6 is 0 Å². The van der Waals surface area contributed by atoms with Crippen LogP contribution in [0.25, 0.3) is 16.6 Å². The van der Waals surface area contributed by atoms with Gasteiger partial charge in [-0.2, -0.15) is 0 Å². The van der Waals surface area contributed by atoms with Crippen LogP contribution in [0, 0.1) is 17.8 Å². The molecule has 2 aromatic rings. The van der Waals surface area contributed by atoms with Gasteiger partial charge in [0.15, 0.2) is 0 Å². The minimum Gasteiger partial charge on any atom is -0.531 e. The number of aromatic amines is 1. The van der Waals surface area contributed by atoms with Crippen molar-refractivity contribution in [3.8, 4) is 5.75 Å². The van der Waals surface area contributed by atoms with E-state index in [0.29, 0.717) is 23.5 Å². The van der Waals surface area contributed by atoms with Crippen LogP contribution in [0.15, 0.2) is 24.4 Å². The highest BCUT2D eigenvalue weighted by atomic mass is 16.5. The van der Waals surface area contributed by atoms with Gasteiger partial charge in [-0.1, -0.05) is 13.3 Å². The molecule has 2 aliphatic carbocycles. The highest BCUT2D eigenvalue weighted by Gasteiger charge is 2.51. The van der Waals surface area contributed by atoms with E-state index in [1.54, 1.807) is 6.20 Å². The van der Waals surface area contributed by atoms with Crippen molar-refractivity contribution in [2.75, 3.05) is 0 Å². The molecule has 3 N–H and O–H groups in total. The second-order valence-corrected chi connectivity index (χ2v) is 7.99. The SMILES string of the molecule is CC[C@@H]1C[C@]2(O)CC[C@@H](C2)[C@@H]1C1=CB(O)Oc2cnc3[nH]ccc3c21. The van der Waals surface area contributed by atoms with Crippen LogP contribution in [0.1, 0.15) is 44.6 Å². The van der Waals surface area contributed by atoms with Gasteiger partial charge in [-0.05, 0) is 61.1 Å². The molecule has 25 heavy (non-hydrogen) atoms. The molecule has 0 radical (unpaired) electrons. The molecule has 0 aromatic carbocycles. The lowest BCUT2D eigenvalue weighted by Crippen LogP contribution is -2.39. The molecule has 0 unspecified atom stereocenters. The lowest BCUT2D eigenvalue weighted by Gasteiger charge is -2.42. The number of fused-ring (bicyclic) bond motifs is 5. The van der Waals surface area contributed by atoms with E-state index in [1.807, 2.05) is 18.2 Å². The first-order valence-corrected chi connectivity index (χ1v) is 9.33. The summed E-state index contributed by atoms with van der Waals surface area (Å²) in [5, 5.41) is 22.1. The third-order valence-corrected chi connectivity index (χ3v) is 6.57. The number of hydrogen-bond donors (Lipinski definition) is 3. The third-order valence-electron chi connectivity index (χ3n) is 6.57. The summed E-state index contributed by atoms with van der Waals surface area (Å²) in [7, 11) is -0.930. The average Bonchev–Trinajstić information content (AvgIpc) is 3.18. The Bertz CT molecular complexity index is 863. The number of nitrogens with zero attached hydrogens (tertiary/aromatic N) is 1. The van der Waals surface area contributed by atoms with Gasteiger partial charge in [-0.3, -0.25) is 0 Å². The predicted molar refractivity (Wildman–Crippen MR) is 96.9 cm³/mol. The molecule has 0 saturated heterocycles. The van der Waals surface area contributed by atoms with E-state index in [1.165, 1.54) is 5.57 Å². The first-order valence-electron chi connectivity index (χ1n) is 9.33. The average molecular weight is 338 g/mol. The van der Waals surface area contributed by atoms with Crippen LogP contribution in [0.3, 0.4) is 0 Å². The summed E-state index contributed by atoms with van der Waals surface area (Å²) in [4.78, 5) is 7.58. The Balaban J connectivity index is 1.67. The van der Waals surface area contributed by atoms with Gasteiger partial charge in [0.1, 0.15) is 11.4 Å². The molecular formula is C19H23BN2O3. The van der Waals surface area contributed by atoms with Gasteiger partial charge in [0.2, 0.25) is 0 Å². The molecule has 0 amide bonds. The van der Waals surface area contributed by atoms with Gasteiger partial charge in [-0.15, -0.1) is 0 Å². The second kappa shape index (κ2) is 5.35. The number of aliphatic hydroxyl groups is 1. The number of allylic oxidation sites excluding steroid dienone is 1.